The predicted octanol–water partition coefficient (Wildman–Crippen LogP) is 2.90. The lowest BCUT2D eigenvalue weighted by Crippen LogP contribution is -2.27. The molecule has 0 aliphatic heterocycles. The minimum atomic E-state index is 0.200. The summed E-state index contributed by atoms with van der Waals surface area (Å²) in [7, 11) is 4.13. The first-order valence-corrected chi connectivity index (χ1v) is 7.50. The Kier molecular flexibility index (Phi) is 7.03. The average Bonchev–Trinajstić information content (AvgIpc) is 2.38. The molecule has 0 aliphatic rings. The van der Waals surface area contributed by atoms with E-state index in [1.165, 1.54) is 12.0 Å². The number of hydrogen-bond acceptors (Lipinski definition) is 3. The molecule has 3 heteroatoms. The van der Waals surface area contributed by atoms with Gasteiger partial charge in [0.15, 0.2) is 0 Å². The Labute approximate surface area is 124 Å². The summed E-state index contributed by atoms with van der Waals surface area (Å²) >= 11 is 0. The fourth-order valence-electron chi connectivity index (χ4n) is 2.01. The molecule has 0 fully saturated rings. The highest BCUT2D eigenvalue weighted by molar-refractivity contribution is 5.31. The van der Waals surface area contributed by atoms with Crippen LogP contribution in [0.3, 0.4) is 0 Å². The Bertz CT molecular complexity index is 368. The molecule has 0 unspecified atom stereocenters. The maximum atomic E-state index is 5.79. The van der Waals surface area contributed by atoms with Crippen molar-refractivity contribution in [1.82, 2.24) is 10.2 Å². The highest BCUT2D eigenvalue weighted by atomic mass is 16.5. The Morgan fingerprint density at radius 3 is 2.30 bits per heavy atom. The molecule has 0 amide bonds. The predicted molar refractivity (Wildman–Crippen MR) is 86.7 cm³/mol. The maximum absolute atomic E-state index is 5.79. The minimum Gasteiger partial charge on any atom is -0.492 e. The van der Waals surface area contributed by atoms with Crippen LogP contribution in [0, 0.1) is 0 Å². The SMILES string of the molecule is CNCCCN(C)CCOc1ccc(C(C)(C)C)cc1. The minimum absolute atomic E-state index is 0.200. The number of nitrogens with zero attached hydrogens (tertiary/aromatic N) is 1. The standard InChI is InChI=1S/C17H30N2O/c1-17(2,3)15-7-9-16(10-8-15)20-14-13-19(5)12-6-11-18-4/h7-10,18H,6,11-14H2,1-5H3. The lowest BCUT2D eigenvalue weighted by molar-refractivity contribution is 0.236. The molecule has 0 saturated carbocycles. The van der Waals surface area contributed by atoms with Crippen molar-refractivity contribution in [3.05, 3.63) is 29.8 Å². The zero-order valence-electron chi connectivity index (χ0n) is 13.7. The van der Waals surface area contributed by atoms with Gasteiger partial charge < -0.3 is 15.0 Å². The van der Waals surface area contributed by atoms with Gasteiger partial charge in [-0.3, -0.25) is 0 Å². The van der Waals surface area contributed by atoms with Gasteiger partial charge in [-0.15, -0.1) is 0 Å². The van der Waals surface area contributed by atoms with Crippen LogP contribution < -0.4 is 10.1 Å². The normalized spacial score (nSPS) is 11.9. The Morgan fingerprint density at radius 2 is 1.75 bits per heavy atom. The van der Waals surface area contributed by atoms with Gasteiger partial charge in [-0.25, -0.2) is 0 Å². The van der Waals surface area contributed by atoms with Gasteiger partial charge in [0.25, 0.3) is 0 Å². The third kappa shape index (κ3) is 6.40. The first kappa shape index (κ1) is 17.0. The van der Waals surface area contributed by atoms with E-state index in [9.17, 15) is 0 Å². The molecule has 0 spiro atoms. The van der Waals surface area contributed by atoms with Crippen LogP contribution in [0.1, 0.15) is 32.8 Å². The number of hydrogen-bond donors (Lipinski definition) is 1. The van der Waals surface area contributed by atoms with E-state index in [0.717, 1.165) is 32.0 Å². The van der Waals surface area contributed by atoms with E-state index in [4.69, 9.17) is 4.74 Å². The van der Waals surface area contributed by atoms with Gasteiger partial charge in [0.05, 0.1) is 0 Å². The summed E-state index contributed by atoms with van der Waals surface area (Å²) in [6.45, 7) is 10.6. The molecule has 1 N–H and O–H groups in total. The van der Waals surface area contributed by atoms with Crippen LogP contribution in [0.25, 0.3) is 0 Å². The lowest BCUT2D eigenvalue weighted by atomic mass is 9.87. The summed E-state index contributed by atoms with van der Waals surface area (Å²) in [6, 6.07) is 8.46. The molecular weight excluding hydrogens is 248 g/mol. The van der Waals surface area contributed by atoms with Gasteiger partial charge in [0.2, 0.25) is 0 Å². The molecule has 1 aromatic rings. The fourth-order valence-corrected chi connectivity index (χ4v) is 2.01. The van der Waals surface area contributed by atoms with E-state index in [2.05, 4.69) is 62.3 Å². The molecule has 1 rings (SSSR count). The Morgan fingerprint density at radius 1 is 1.10 bits per heavy atom. The van der Waals surface area contributed by atoms with Gasteiger partial charge >= 0.3 is 0 Å². The molecule has 0 atom stereocenters. The lowest BCUT2D eigenvalue weighted by Gasteiger charge is -2.20. The number of nitrogens with one attached hydrogen (secondary N) is 1. The quantitative estimate of drug-likeness (QED) is 0.740. The number of benzene rings is 1. The first-order chi connectivity index (χ1) is 9.43. The van der Waals surface area contributed by atoms with Crippen LogP contribution in [-0.2, 0) is 5.41 Å². The number of ether oxygens (including phenoxy) is 1. The van der Waals surface area contributed by atoms with E-state index in [-0.39, 0.29) is 5.41 Å². The molecule has 1 aromatic carbocycles. The zero-order chi connectivity index (χ0) is 15.0. The van der Waals surface area contributed by atoms with E-state index in [1.54, 1.807) is 0 Å². The van der Waals surface area contributed by atoms with E-state index in [0.29, 0.717) is 0 Å². The molecule has 0 radical (unpaired) electrons. The third-order valence-electron chi connectivity index (χ3n) is 3.43. The largest absolute Gasteiger partial charge is 0.492 e. The van der Waals surface area contributed by atoms with Crippen LogP contribution in [0.4, 0.5) is 0 Å². The molecule has 0 aromatic heterocycles. The molecular formula is C17H30N2O. The van der Waals surface area contributed by atoms with Crippen LogP contribution in [-0.4, -0.2) is 45.2 Å². The number of likely N-dealkylation sites (N-methyl/N-ethyl adjacent to an activating group) is 1. The summed E-state index contributed by atoms with van der Waals surface area (Å²) in [6.07, 6.45) is 1.17. The summed E-state index contributed by atoms with van der Waals surface area (Å²) in [5.74, 6) is 0.960. The zero-order valence-corrected chi connectivity index (χ0v) is 13.7. The van der Waals surface area contributed by atoms with Gasteiger partial charge in [-0.05, 0) is 56.7 Å². The molecule has 0 saturated heterocycles. The average molecular weight is 278 g/mol. The van der Waals surface area contributed by atoms with Gasteiger partial charge in [-0.1, -0.05) is 32.9 Å². The topological polar surface area (TPSA) is 24.5 Å². The Hall–Kier alpha value is -1.06. The van der Waals surface area contributed by atoms with Crippen LogP contribution in [0.2, 0.25) is 0 Å². The molecule has 0 aliphatic carbocycles. The third-order valence-corrected chi connectivity index (χ3v) is 3.43. The first-order valence-electron chi connectivity index (χ1n) is 7.50. The van der Waals surface area contributed by atoms with Crippen LogP contribution in [0.5, 0.6) is 5.75 Å². The van der Waals surface area contributed by atoms with Crippen molar-refractivity contribution in [2.24, 2.45) is 0 Å². The van der Waals surface area contributed by atoms with Crippen molar-refractivity contribution in [3.8, 4) is 5.75 Å². The number of rotatable bonds is 8. The van der Waals surface area contributed by atoms with Crippen molar-refractivity contribution in [1.29, 1.82) is 0 Å². The summed E-state index contributed by atoms with van der Waals surface area (Å²) in [4.78, 5) is 2.31. The van der Waals surface area contributed by atoms with Crippen molar-refractivity contribution >= 4 is 0 Å². The summed E-state index contributed by atoms with van der Waals surface area (Å²) in [5.41, 5.74) is 1.54. The monoisotopic (exact) mass is 278 g/mol. The van der Waals surface area contributed by atoms with Crippen LogP contribution in [0.15, 0.2) is 24.3 Å². The maximum Gasteiger partial charge on any atom is 0.119 e. The second-order valence-electron chi connectivity index (χ2n) is 6.38. The smallest absolute Gasteiger partial charge is 0.119 e. The molecule has 20 heavy (non-hydrogen) atoms. The summed E-state index contributed by atoms with van der Waals surface area (Å²) < 4.78 is 5.79. The van der Waals surface area contributed by atoms with Crippen LogP contribution >= 0.6 is 0 Å². The fraction of sp³-hybridized carbons (Fsp3) is 0.647. The summed E-state index contributed by atoms with van der Waals surface area (Å²) in [5, 5.41) is 3.16. The van der Waals surface area contributed by atoms with Crippen molar-refractivity contribution in [3.63, 3.8) is 0 Å². The van der Waals surface area contributed by atoms with E-state index >= 15 is 0 Å². The second kappa shape index (κ2) is 8.28. The van der Waals surface area contributed by atoms with E-state index < -0.39 is 0 Å². The van der Waals surface area contributed by atoms with Gasteiger partial charge in [0.1, 0.15) is 12.4 Å². The van der Waals surface area contributed by atoms with Gasteiger partial charge in [0, 0.05) is 6.54 Å². The highest BCUT2D eigenvalue weighted by Gasteiger charge is 2.12. The van der Waals surface area contributed by atoms with E-state index in [1.807, 2.05) is 7.05 Å². The molecule has 0 bridgehead atoms. The second-order valence-corrected chi connectivity index (χ2v) is 6.38. The Balaban J connectivity index is 2.28. The van der Waals surface area contributed by atoms with Crippen molar-refractivity contribution in [2.75, 3.05) is 40.3 Å². The molecule has 3 nitrogen and oxygen atoms in total. The molecule has 0 heterocycles. The van der Waals surface area contributed by atoms with Crippen molar-refractivity contribution < 1.29 is 4.74 Å². The van der Waals surface area contributed by atoms with Crippen molar-refractivity contribution in [2.45, 2.75) is 32.6 Å². The van der Waals surface area contributed by atoms with Gasteiger partial charge in [-0.2, -0.15) is 0 Å². The molecule has 114 valence electrons. The highest BCUT2D eigenvalue weighted by Crippen LogP contribution is 2.24.